The molecule has 1 aliphatic rings. The highest BCUT2D eigenvalue weighted by Gasteiger charge is 2.28. The van der Waals surface area contributed by atoms with Crippen LogP contribution in [0.1, 0.15) is 11.3 Å². The van der Waals surface area contributed by atoms with Crippen LogP contribution in [0.25, 0.3) is 0 Å². The molecule has 16 heavy (non-hydrogen) atoms. The van der Waals surface area contributed by atoms with E-state index in [-0.39, 0.29) is 18.4 Å². The normalized spacial score (nSPS) is 20.4. The standard InChI is InChI=1S/C9H12ClN3O2S/c10-7-6(4-14)16-9(12-7)13-2-1-5(3-13)8(11)15/h5,14H,1-4H2,(H2,11,15). The average molecular weight is 262 g/mol. The Balaban J connectivity index is 2.11. The predicted molar refractivity (Wildman–Crippen MR) is 62.6 cm³/mol. The predicted octanol–water partition coefficient (Wildman–Crippen LogP) is 0.600. The zero-order chi connectivity index (χ0) is 11.7. The lowest BCUT2D eigenvalue weighted by Crippen LogP contribution is -2.27. The third-order valence-corrected chi connectivity index (χ3v) is 4.17. The minimum atomic E-state index is -0.271. The van der Waals surface area contributed by atoms with Crippen molar-refractivity contribution < 1.29 is 9.90 Å². The highest BCUT2D eigenvalue weighted by molar-refractivity contribution is 7.16. The number of carbonyl (C=O) groups is 1. The maximum atomic E-state index is 11.0. The van der Waals surface area contributed by atoms with Gasteiger partial charge < -0.3 is 15.7 Å². The van der Waals surface area contributed by atoms with E-state index in [1.54, 1.807) is 0 Å². The number of nitrogens with two attached hydrogens (primary N) is 1. The van der Waals surface area contributed by atoms with Crippen LogP contribution in [0.2, 0.25) is 5.15 Å². The maximum absolute atomic E-state index is 11.0. The van der Waals surface area contributed by atoms with Gasteiger partial charge >= 0.3 is 0 Å². The van der Waals surface area contributed by atoms with Gasteiger partial charge in [-0.15, -0.1) is 0 Å². The molecule has 0 aromatic carbocycles. The van der Waals surface area contributed by atoms with E-state index in [1.807, 2.05) is 4.90 Å². The summed E-state index contributed by atoms with van der Waals surface area (Å²) in [5.41, 5.74) is 5.25. The van der Waals surface area contributed by atoms with Gasteiger partial charge in [-0.3, -0.25) is 4.79 Å². The molecule has 0 radical (unpaired) electrons. The molecule has 3 N–H and O–H groups in total. The highest BCUT2D eigenvalue weighted by Crippen LogP contribution is 2.32. The highest BCUT2D eigenvalue weighted by atomic mass is 35.5. The number of primary amides is 1. The Morgan fingerprint density at radius 3 is 3.00 bits per heavy atom. The smallest absolute Gasteiger partial charge is 0.222 e. The van der Waals surface area contributed by atoms with Crippen molar-refractivity contribution in [1.82, 2.24) is 4.98 Å². The van der Waals surface area contributed by atoms with E-state index in [0.29, 0.717) is 16.6 Å². The van der Waals surface area contributed by atoms with Gasteiger partial charge in [-0.05, 0) is 6.42 Å². The Kier molecular flexibility index (Phi) is 3.32. The number of anilines is 1. The Morgan fingerprint density at radius 1 is 1.75 bits per heavy atom. The molecule has 1 saturated heterocycles. The van der Waals surface area contributed by atoms with Crippen molar-refractivity contribution in [2.45, 2.75) is 13.0 Å². The summed E-state index contributed by atoms with van der Waals surface area (Å²) in [4.78, 5) is 17.8. The number of rotatable bonds is 3. The Labute approximate surface area is 102 Å². The number of thiazole rings is 1. The van der Waals surface area contributed by atoms with Crippen molar-refractivity contribution in [3.8, 4) is 0 Å². The fraction of sp³-hybridized carbons (Fsp3) is 0.556. The fourth-order valence-corrected chi connectivity index (χ4v) is 2.87. The number of hydrogen-bond donors (Lipinski definition) is 2. The first-order chi connectivity index (χ1) is 7.61. The second-order valence-electron chi connectivity index (χ2n) is 3.70. The number of nitrogens with zero attached hydrogens (tertiary/aromatic N) is 2. The van der Waals surface area contributed by atoms with Crippen LogP contribution in [0.4, 0.5) is 5.13 Å². The number of halogens is 1. The average Bonchev–Trinajstić information content (AvgIpc) is 2.83. The molecule has 7 heteroatoms. The van der Waals surface area contributed by atoms with Crippen LogP contribution in [0.15, 0.2) is 0 Å². The van der Waals surface area contributed by atoms with Crippen LogP contribution in [0.3, 0.4) is 0 Å². The maximum Gasteiger partial charge on any atom is 0.222 e. The van der Waals surface area contributed by atoms with Crippen LogP contribution in [-0.2, 0) is 11.4 Å². The first kappa shape index (κ1) is 11.6. The number of hydrogen-bond acceptors (Lipinski definition) is 5. The topological polar surface area (TPSA) is 79.5 Å². The molecule has 2 heterocycles. The fourth-order valence-electron chi connectivity index (χ4n) is 1.72. The third-order valence-electron chi connectivity index (χ3n) is 2.64. The minimum Gasteiger partial charge on any atom is -0.391 e. The van der Waals surface area contributed by atoms with E-state index in [1.165, 1.54) is 11.3 Å². The Bertz CT molecular complexity index is 409. The number of carbonyl (C=O) groups excluding carboxylic acids is 1. The number of aromatic nitrogens is 1. The van der Waals surface area contributed by atoms with Crippen molar-refractivity contribution in [2.75, 3.05) is 18.0 Å². The van der Waals surface area contributed by atoms with E-state index in [2.05, 4.69) is 4.98 Å². The summed E-state index contributed by atoms with van der Waals surface area (Å²) >= 11 is 7.19. The zero-order valence-electron chi connectivity index (χ0n) is 8.52. The molecule has 1 aromatic rings. The van der Waals surface area contributed by atoms with Gasteiger partial charge in [0.25, 0.3) is 0 Å². The molecule has 1 aromatic heterocycles. The second-order valence-corrected chi connectivity index (χ2v) is 5.12. The van der Waals surface area contributed by atoms with Gasteiger partial charge in [-0.25, -0.2) is 4.98 Å². The van der Waals surface area contributed by atoms with Gasteiger partial charge in [0.1, 0.15) is 5.15 Å². The summed E-state index contributed by atoms with van der Waals surface area (Å²) in [5, 5.41) is 10.1. The van der Waals surface area contributed by atoms with Gasteiger partial charge in [0.15, 0.2) is 5.13 Å². The van der Waals surface area contributed by atoms with E-state index in [0.717, 1.165) is 18.1 Å². The molecule has 0 aliphatic carbocycles. The lowest BCUT2D eigenvalue weighted by Gasteiger charge is -2.13. The molecule has 1 unspecified atom stereocenters. The number of amides is 1. The van der Waals surface area contributed by atoms with Gasteiger partial charge in [0.05, 0.1) is 17.4 Å². The van der Waals surface area contributed by atoms with Crippen LogP contribution in [0, 0.1) is 5.92 Å². The van der Waals surface area contributed by atoms with Crippen LogP contribution < -0.4 is 10.6 Å². The van der Waals surface area contributed by atoms with Gasteiger partial charge in [-0.1, -0.05) is 22.9 Å². The molecule has 1 amide bonds. The lowest BCUT2D eigenvalue weighted by molar-refractivity contribution is -0.121. The molecule has 1 aliphatic heterocycles. The van der Waals surface area contributed by atoms with Gasteiger partial charge in [0, 0.05) is 13.1 Å². The van der Waals surface area contributed by atoms with Crippen LogP contribution in [0.5, 0.6) is 0 Å². The van der Waals surface area contributed by atoms with Gasteiger partial charge in [-0.2, -0.15) is 0 Å². The molecular formula is C9H12ClN3O2S. The SMILES string of the molecule is NC(=O)C1CCN(c2nc(Cl)c(CO)s2)C1. The first-order valence-corrected chi connectivity index (χ1v) is 6.11. The lowest BCUT2D eigenvalue weighted by atomic mass is 10.1. The van der Waals surface area contributed by atoms with Crippen molar-refractivity contribution in [3.05, 3.63) is 10.0 Å². The second kappa shape index (κ2) is 4.57. The van der Waals surface area contributed by atoms with E-state index in [9.17, 15) is 4.79 Å². The molecule has 1 atom stereocenters. The van der Waals surface area contributed by atoms with E-state index >= 15 is 0 Å². The van der Waals surface area contributed by atoms with E-state index in [4.69, 9.17) is 22.4 Å². The molecule has 5 nitrogen and oxygen atoms in total. The van der Waals surface area contributed by atoms with Crippen LogP contribution >= 0.6 is 22.9 Å². The van der Waals surface area contributed by atoms with Crippen molar-refractivity contribution in [2.24, 2.45) is 11.7 Å². The molecular weight excluding hydrogens is 250 g/mol. The molecule has 1 fully saturated rings. The third kappa shape index (κ3) is 2.14. The van der Waals surface area contributed by atoms with E-state index < -0.39 is 0 Å². The molecule has 0 saturated carbocycles. The number of aliphatic hydroxyl groups excluding tert-OH is 1. The minimum absolute atomic E-state index is 0.108. The van der Waals surface area contributed by atoms with Crippen molar-refractivity contribution >= 4 is 34.0 Å². The molecule has 0 bridgehead atoms. The summed E-state index contributed by atoms with van der Waals surface area (Å²) in [6, 6.07) is 0. The van der Waals surface area contributed by atoms with Crippen molar-refractivity contribution in [3.63, 3.8) is 0 Å². The quantitative estimate of drug-likeness (QED) is 0.835. The van der Waals surface area contributed by atoms with Gasteiger partial charge in [0.2, 0.25) is 5.91 Å². The summed E-state index contributed by atoms with van der Waals surface area (Å²) in [6.07, 6.45) is 0.751. The van der Waals surface area contributed by atoms with Crippen LogP contribution in [-0.4, -0.2) is 29.1 Å². The Morgan fingerprint density at radius 2 is 2.50 bits per heavy atom. The number of aliphatic hydroxyl groups is 1. The summed E-state index contributed by atoms with van der Waals surface area (Å²) in [5.74, 6) is -0.382. The largest absolute Gasteiger partial charge is 0.391 e. The zero-order valence-corrected chi connectivity index (χ0v) is 10.1. The summed E-state index contributed by atoms with van der Waals surface area (Å²) in [6.45, 7) is 1.23. The summed E-state index contributed by atoms with van der Waals surface area (Å²) in [7, 11) is 0. The molecule has 2 rings (SSSR count). The molecule has 0 spiro atoms. The Hall–Kier alpha value is -0.850. The monoisotopic (exact) mass is 261 g/mol. The van der Waals surface area contributed by atoms with Crippen molar-refractivity contribution in [1.29, 1.82) is 0 Å². The molecule has 88 valence electrons. The summed E-state index contributed by atoms with van der Waals surface area (Å²) < 4.78 is 0. The first-order valence-electron chi connectivity index (χ1n) is 4.92.